The van der Waals surface area contributed by atoms with Crippen LogP contribution in [-0.2, 0) is 13.1 Å². The third kappa shape index (κ3) is 2.66. The largest absolute Gasteiger partial charge is 0.328 e. The molecule has 0 aromatic carbocycles. The lowest BCUT2D eigenvalue weighted by atomic mass is 10.5. The number of rotatable bonds is 5. The van der Waals surface area contributed by atoms with Crippen LogP contribution in [0, 0.1) is 0 Å². The van der Waals surface area contributed by atoms with Crippen LogP contribution in [0.4, 0.5) is 0 Å². The molecule has 0 aliphatic heterocycles. The highest BCUT2D eigenvalue weighted by molar-refractivity contribution is 7.80. The van der Waals surface area contributed by atoms with Crippen molar-refractivity contribution < 1.29 is 0 Å². The number of aryl methyl sites for hydroxylation is 2. The molecule has 1 aromatic rings. The van der Waals surface area contributed by atoms with Gasteiger partial charge in [0.05, 0.1) is 0 Å². The van der Waals surface area contributed by atoms with E-state index >= 15 is 0 Å². The minimum atomic E-state index is 0.101. The summed E-state index contributed by atoms with van der Waals surface area (Å²) in [6.07, 6.45) is 5.64. The molecule has 0 aliphatic rings. The second kappa shape index (κ2) is 5.17. The van der Waals surface area contributed by atoms with Gasteiger partial charge in [0.25, 0.3) is 0 Å². The van der Waals surface area contributed by atoms with Crippen molar-refractivity contribution in [3.8, 4) is 0 Å². The van der Waals surface area contributed by atoms with Gasteiger partial charge in [-0.05, 0) is 18.6 Å². The zero-order valence-corrected chi connectivity index (χ0v) is 8.83. The summed E-state index contributed by atoms with van der Waals surface area (Å²) in [6.45, 7) is 3.66. The Bertz CT molecular complexity index is 303. The van der Waals surface area contributed by atoms with Crippen LogP contribution in [0.2, 0.25) is 0 Å². The Kier molecular flexibility index (Phi) is 4.15. The second-order valence-electron chi connectivity index (χ2n) is 3.04. The molecule has 13 heavy (non-hydrogen) atoms. The van der Waals surface area contributed by atoms with E-state index in [9.17, 15) is 4.79 Å². The predicted molar refractivity (Wildman–Crippen MR) is 57.5 cm³/mol. The van der Waals surface area contributed by atoms with Gasteiger partial charge in [-0.3, -0.25) is 9.13 Å². The molecule has 0 fully saturated rings. The van der Waals surface area contributed by atoms with Crippen molar-refractivity contribution in [2.75, 3.05) is 5.75 Å². The topological polar surface area (TPSA) is 26.9 Å². The molecule has 74 valence electrons. The van der Waals surface area contributed by atoms with Crippen LogP contribution in [0.1, 0.15) is 19.8 Å². The van der Waals surface area contributed by atoms with E-state index in [0.717, 1.165) is 31.7 Å². The first kappa shape index (κ1) is 10.4. The molecule has 0 spiro atoms. The molecule has 0 amide bonds. The Hall–Kier alpha value is -0.640. The fraction of sp³-hybridized carbons (Fsp3) is 0.667. The van der Waals surface area contributed by atoms with Crippen molar-refractivity contribution >= 4 is 12.6 Å². The fourth-order valence-corrected chi connectivity index (χ4v) is 1.42. The number of aromatic nitrogens is 2. The van der Waals surface area contributed by atoms with Crippen molar-refractivity contribution in [2.45, 2.75) is 32.9 Å². The third-order valence-electron chi connectivity index (χ3n) is 1.94. The van der Waals surface area contributed by atoms with Crippen LogP contribution < -0.4 is 5.69 Å². The maximum atomic E-state index is 11.6. The van der Waals surface area contributed by atoms with Crippen LogP contribution in [0.25, 0.3) is 0 Å². The van der Waals surface area contributed by atoms with Gasteiger partial charge in [0.2, 0.25) is 0 Å². The molecular formula is C9H16N2OS. The van der Waals surface area contributed by atoms with Gasteiger partial charge < -0.3 is 0 Å². The minimum absolute atomic E-state index is 0.101. The second-order valence-corrected chi connectivity index (χ2v) is 3.49. The molecule has 0 unspecified atom stereocenters. The van der Waals surface area contributed by atoms with Gasteiger partial charge in [-0.25, -0.2) is 4.79 Å². The quantitative estimate of drug-likeness (QED) is 0.714. The summed E-state index contributed by atoms with van der Waals surface area (Å²) in [5.41, 5.74) is 0.101. The SMILES string of the molecule is CCCn1ccn(CCCS)c1=O. The van der Waals surface area contributed by atoms with E-state index < -0.39 is 0 Å². The Morgan fingerprint density at radius 3 is 2.46 bits per heavy atom. The van der Waals surface area contributed by atoms with Gasteiger partial charge in [-0.1, -0.05) is 6.92 Å². The Balaban J connectivity index is 2.69. The molecule has 0 bridgehead atoms. The zero-order chi connectivity index (χ0) is 9.68. The smallest absolute Gasteiger partial charge is 0.299 e. The van der Waals surface area contributed by atoms with E-state index in [-0.39, 0.29) is 5.69 Å². The van der Waals surface area contributed by atoms with Crippen LogP contribution in [0.3, 0.4) is 0 Å². The molecular weight excluding hydrogens is 184 g/mol. The number of imidazole rings is 1. The normalized spacial score (nSPS) is 10.6. The Labute approximate surface area is 83.8 Å². The van der Waals surface area contributed by atoms with E-state index in [4.69, 9.17) is 0 Å². The van der Waals surface area contributed by atoms with Crippen molar-refractivity contribution in [1.82, 2.24) is 9.13 Å². The van der Waals surface area contributed by atoms with Gasteiger partial charge in [-0.15, -0.1) is 0 Å². The molecule has 1 aromatic heterocycles. The van der Waals surface area contributed by atoms with Gasteiger partial charge in [0, 0.05) is 25.5 Å². The number of hydrogen-bond donors (Lipinski definition) is 1. The fourth-order valence-electron chi connectivity index (χ4n) is 1.28. The Morgan fingerprint density at radius 2 is 1.92 bits per heavy atom. The van der Waals surface area contributed by atoms with E-state index in [1.54, 1.807) is 9.13 Å². The highest BCUT2D eigenvalue weighted by Gasteiger charge is 2.00. The van der Waals surface area contributed by atoms with E-state index in [1.165, 1.54) is 0 Å². The lowest BCUT2D eigenvalue weighted by molar-refractivity contribution is 0.597. The summed E-state index contributed by atoms with van der Waals surface area (Å²) in [4.78, 5) is 11.6. The average molecular weight is 200 g/mol. The molecule has 4 heteroatoms. The maximum absolute atomic E-state index is 11.6. The molecule has 1 rings (SSSR count). The molecule has 0 atom stereocenters. The first-order valence-corrected chi connectivity index (χ1v) is 5.29. The van der Waals surface area contributed by atoms with Crippen molar-refractivity contribution in [1.29, 1.82) is 0 Å². The summed E-state index contributed by atoms with van der Waals surface area (Å²) < 4.78 is 3.49. The number of thiol groups is 1. The van der Waals surface area contributed by atoms with Crippen LogP contribution in [0.15, 0.2) is 17.2 Å². The highest BCUT2D eigenvalue weighted by Crippen LogP contribution is 1.92. The molecule has 1 heterocycles. The zero-order valence-electron chi connectivity index (χ0n) is 7.94. The highest BCUT2D eigenvalue weighted by atomic mass is 32.1. The van der Waals surface area contributed by atoms with Crippen LogP contribution >= 0.6 is 12.6 Å². The molecule has 0 aliphatic carbocycles. The Morgan fingerprint density at radius 1 is 1.31 bits per heavy atom. The standard InChI is InChI=1S/C9H16N2OS/c1-2-4-10-6-7-11(9(10)12)5-3-8-13/h6-7,13H,2-5,8H2,1H3. The maximum Gasteiger partial charge on any atom is 0.328 e. The first-order valence-electron chi connectivity index (χ1n) is 4.66. The van der Waals surface area contributed by atoms with Crippen LogP contribution in [0.5, 0.6) is 0 Å². The van der Waals surface area contributed by atoms with E-state index in [0.29, 0.717) is 0 Å². The van der Waals surface area contributed by atoms with Gasteiger partial charge in [-0.2, -0.15) is 12.6 Å². The van der Waals surface area contributed by atoms with E-state index in [2.05, 4.69) is 19.6 Å². The summed E-state index contributed by atoms with van der Waals surface area (Å²) >= 11 is 4.11. The summed E-state index contributed by atoms with van der Waals surface area (Å²) in [7, 11) is 0. The molecule has 3 nitrogen and oxygen atoms in total. The van der Waals surface area contributed by atoms with Gasteiger partial charge >= 0.3 is 5.69 Å². The summed E-state index contributed by atoms with van der Waals surface area (Å²) in [5.74, 6) is 0.825. The summed E-state index contributed by atoms with van der Waals surface area (Å²) in [5, 5.41) is 0. The minimum Gasteiger partial charge on any atom is -0.299 e. The van der Waals surface area contributed by atoms with Crippen molar-refractivity contribution in [2.24, 2.45) is 0 Å². The number of hydrogen-bond acceptors (Lipinski definition) is 2. The molecule has 0 saturated heterocycles. The van der Waals surface area contributed by atoms with Crippen LogP contribution in [-0.4, -0.2) is 14.9 Å². The van der Waals surface area contributed by atoms with Gasteiger partial charge in [0.1, 0.15) is 0 Å². The lowest BCUT2D eigenvalue weighted by Crippen LogP contribution is -2.24. The molecule has 0 saturated carbocycles. The molecule has 0 N–H and O–H groups in total. The predicted octanol–water partition coefficient (Wildman–Crippen LogP) is 1.38. The van der Waals surface area contributed by atoms with Crippen molar-refractivity contribution in [3.05, 3.63) is 22.9 Å². The molecule has 0 radical (unpaired) electrons. The summed E-state index contributed by atoms with van der Waals surface area (Å²) in [6, 6.07) is 0. The third-order valence-corrected chi connectivity index (χ3v) is 2.26. The monoisotopic (exact) mass is 200 g/mol. The average Bonchev–Trinajstić information content (AvgIpc) is 2.46. The van der Waals surface area contributed by atoms with E-state index in [1.807, 2.05) is 12.4 Å². The lowest BCUT2D eigenvalue weighted by Gasteiger charge is -1.99. The first-order chi connectivity index (χ1) is 6.29. The van der Waals surface area contributed by atoms with Gasteiger partial charge in [0.15, 0.2) is 0 Å². The van der Waals surface area contributed by atoms with Crippen molar-refractivity contribution in [3.63, 3.8) is 0 Å². The number of nitrogens with zero attached hydrogens (tertiary/aromatic N) is 2.